The smallest absolute Gasteiger partial charge is 0.0147 e. The van der Waals surface area contributed by atoms with Crippen molar-refractivity contribution >= 4 is 0 Å². The van der Waals surface area contributed by atoms with E-state index in [9.17, 15) is 0 Å². The second kappa shape index (κ2) is 7.32. The molecule has 90 valence electrons. The fraction of sp³-hybridized carbons (Fsp3) is 0.600. The van der Waals surface area contributed by atoms with Crippen LogP contribution in [0.5, 0.6) is 0 Å². The molecule has 1 N–H and O–H groups in total. The van der Waals surface area contributed by atoms with E-state index in [1.54, 1.807) is 0 Å². The van der Waals surface area contributed by atoms with Gasteiger partial charge in [-0.15, -0.1) is 0 Å². The zero-order chi connectivity index (χ0) is 11.8. The lowest BCUT2D eigenvalue weighted by atomic mass is 10.0. The topological polar surface area (TPSA) is 12.0 Å². The van der Waals surface area contributed by atoms with Gasteiger partial charge in [0.1, 0.15) is 0 Å². The highest BCUT2D eigenvalue weighted by molar-refractivity contribution is 5.30. The molecule has 0 spiro atoms. The summed E-state index contributed by atoms with van der Waals surface area (Å²) in [5, 5.41) is 3.41. The van der Waals surface area contributed by atoms with Crippen LogP contribution >= 0.6 is 0 Å². The second-order valence-corrected chi connectivity index (χ2v) is 4.63. The minimum atomic E-state index is 1.13. The fourth-order valence-electron chi connectivity index (χ4n) is 1.97. The SMILES string of the molecule is C=C(/C=C\C1=C(C)NCCC1)CCCCC. The van der Waals surface area contributed by atoms with Crippen LogP contribution in [0.1, 0.15) is 52.4 Å². The lowest BCUT2D eigenvalue weighted by molar-refractivity contribution is 0.671. The lowest BCUT2D eigenvalue weighted by Gasteiger charge is -2.17. The van der Waals surface area contributed by atoms with Gasteiger partial charge in [0.15, 0.2) is 0 Å². The summed E-state index contributed by atoms with van der Waals surface area (Å²) in [7, 11) is 0. The molecule has 0 aromatic rings. The summed E-state index contributed by atoms with van der Waals surface area (Å²) in [5.74, 6) is 0. The van der Waals surface area contributed by atoms with Gasteiger partial charge in [-0.25, -0.2) is 0 Å². The molecule has 0 aromatic heterocycles. The molecule has 1 rings (SSSR count). The van der Waals surface area contributed by atoms with Gasteiger partial charge in [-0.05, 0) is 38.2 Å². The van der Waals surface area contributed by atoms with Crippen LogP contribution in [0.15, 0.2) is 35.6 Å². The summed E-state index contributed by atoms with van der Waals surface area (Å²) in [6, 6.07) is 0. The molecule has 0 saturated carbocycles. The first-order chi connectivity index (χ1) is 7.74. The number of hydrogen-bond acceptors (Lipinski definition) is 1. The highest BCUT2D eigenvalue weighted by Crippen LogP contribution is 2.17. The van der Waals surface area contributed by atoms with Crippen LogP contribution < -0.4 is 5.32 Å². The van der Waals surface area contributed by atoms with Crippen molar-refractivity contribution in [3.63, 3.8) is 0 Å². The number of hydrogen-bond donors (Lipinski definition) is 1. The van der Waals surface area contributed by atoms with Crippen LogP contribution in [0, 0.1) is 0 Å². The van der Waals surface area contributed by atoms with Crippen LogP contribution in [-0.4, -0.2) is 6.54 Å². The highest BCUT2D eigenvalue weighted by atomic mass is 14.9. The maximum Gasteiger partial charge on any atom is 0.0147 e. The third-order valence-corrected chi connectivity index (χ3v) is 3.12. The first kappa shape index (κ1) is 13.1. The predicted molar refractivity (Wildman–Crippen MR) is 72.4 cm³/mol. The van der Waals surface area contributed by atoms with Gasteiger partial charge in [-0.3, -0.25) is 0 Å². The fourth-order valence-corrected chi connectivity index (χ4v) is 1.97. The Morgan fingerprint density at radius 3 is 2.94 bits per heavy atom. The van der Waals surface area contributed by atoms with E-state index in [1.807, 2.05) is 0 Å². The molecule has 16 heavy (non-hydrogen) atoms. The molecule has 0 aromatic carbocycles. The summed E-state index contributed by atoms with van der Waals surface area (Å²) < 4.78 is 0. The average molecular weight is 219 g/mol. The lowest BCUT2D eigenvalue weighted by Crippen LogP contribution is -2.19. The molecule has 1 heteroatoms. The monoisotopic (exact) mass is 219 g/mol. The quantitative estimate of drug-likeness (QED) is 0.517. The summed E-state index contributed by atoms with van der Waals surface area (Å²) in [4.78, 5) is 0. The zero-order valence-electron chi connectivity index (χ0n) is 10.8. The van der Waals surface area contributed by atoms with Crippen molar-refractivity contribution in [2.45, 2.75) is 52.4 Å². The first-order valence-electron chi connectivity index (χ1n) is 6.53. The Kier molecular flexibility index (Phi) is 5.99. The minimum absolute atomic E-state index is 1.13. The summed E-state index contributed by atoms with van der Waals surface area (Å²) >= 11 is 0. The van der Waals surface area contributed by atoms with Gasteiger partial charge in [0, 0.05) is 12.2 Å². The van der Waals surface area contributed by atoms with Gasteiger partial charge in [-0.1, -0.05) is 44.1 Å². The van der Waals surface area contributed by atoms with Gasteiger partial charge >= 0.3 is 0 Å². The number of nitrogens with one attached hydrogen (secondary N) is 1. The zero-order valence-corrected chi connectivity index (χ0v) is 10.8. The number of unbranched alkanes of at least 4 members (excludes halogenated alkanes) is 2. The summed E-state index contributed by atoms with van der Waals surface area (Å²) in [5.41, 5.74) is 4.05. The summed E-state index contributed by atoms with van der Waals surface area (Å²) in [6.07, 6.45) is 11.9. The van der Waals surface area contributed by atoms with E-state index in [1.165, 1.54) is 48.9 Å². The molecule has 1 nitrogen and oxygen atoms in total. The standard InChI is InChI=1S/C15H25N/c1-4-5-6-8-13(2)10-11-15-9-7-12-16-14(15)3/h10-11,16H,2,4-9,12H2,1,3H3/b11-10-. The molecule has 0 saturated heterocycles. The van der Waals surface area contributed by atoms with Crippen molar-refractivity contribution in [2.24, 2.45) is 0 Å². The molecule has 0 unspecified atom stereocenters. The molecule has 1 aliphatic rings. The van der Waals surface area contributed by atoms with Crippen molar-refractivity contribution in [2.75, 3.05) is 6.54 Å². The Morgan fingerprint density at radius 2 is 2.25 bits per heavy atom. The van der Waals surface area contributed by atoms with Crippen LogP contribution in [0.3, 0.4) is 0 Å². The highest BCUT2D eigenvalue weighted by Gasteiger charge is 2.04. The first-order valence-corrected chi connectivity index (χ1v) is 6.53. The molecule has 0 radical (unpaired) electrons. The molecule has 0 aliphatic carbocycles. The molecule has 0 fully saturated rings. The number of rotatable bonds is 6. The maximum atomic E-state index is 4.11. The Bertz CT molecular complexity index is 284. The molecular weight excluding hydrogens is 194 g/mol. The third kappa shape index (κ3) is 4.69. The Hall–Kier alpha value is -0.980. The van der Waals surface area contributed by atoms with E-state index in [0.717, 1.165) is 13.0 Å². The molecule has 1 heterocycles. The molecule has 0 atom stereocenters. The Labute approximate surface area is 100 Å². The normalized spacial score (nSPS) is 16.6. The van der Waals surface area contributed by atoms with Crippen LogP contribution in [0.2, 0.25) is 0 Å². The number of allylic oxidation sites excluding steroid dienone is 5. The van der Waals surface area contributed by atoms with Gasteiger partial charge < -0.3 is 5.32 Å². The van der Waals surface area contributed by atoms with E-state index >= 15 is 0 Å². The Balaban J connectivity index is 2.37. The van der Waals surface area contributed by atoms with E-state index in [-0.39, 0.29) is 0 Å². The summed E-state index contributed by atoms with van der Waals surface area (Å²) in [6.45, 7) is 9.63. The largest absolute Gasteiger partial charge is 0.388 e. The van der Waals surface area contributed by atoms with Crippen molar-refractivity contribution in [1.29, 1.82) is 0 Å². The van der Waals surface area contributed by atoms with Crippen LogP contribution in [0.25, 0.3) is 0 Å². The van der Waals surface area contributed by atoms with Crippen LogP contribution in [-0.2, 0) is 0 Å². The van der Waals surface area contributed by atoms with Gasteiger partial charge in [0.25, 0.3) is 0 Å². The van der Waals surface area contributed by atoms with Gasteiger partial charge in [0.05, 0.1) is 0 Å². The average Bonchev–Trinajstić information content (AvgIpc) is 2.28. The molecule has 0 amide bonds. The van der Waals surface area contributed by atoms with Crippen molar-refractivity contribution in [1.82, 2.24) is 5.32 Å². The van der Waals surface area contributed by atoms with E-state index in [2.05, 4.69) is 37.9 Å². The van der Waals surface area contributed by atoms with E-state index < -0.39 is 0 Å². The van der Waals surface area contributed by atoms with E-state index in [4.69, 9.17) is 0 Å². The molecule has 1 aliphatic heterocycles. The molecular formula is C15H25N. The third-order valence-electron chi connectivity index (χ3n) is 3.12. The van der Waals surface area contributed by atoms with E-state index in [0.29, 0.717) is 0 Å². The second-order valence-electron chi connectivity index (χ2n) is 4.63. The minimum Gasteiger partial charge on any atom is -0.388 e. The predicted octanol–water partition coefficient (Wildman–Crippen LogP) is 4.34. The maximum absolute atomic E-state index is 4.11. The van der Waals surface area contributed by atoms with Gasteiger partial charge in [-0.2, -0.15) is 0 Å². The van der Waals surface area contributed by atoms with Crippen molar-refractivity contribution < 1.29 is 0 Å². The van der Waals surface area contributed by atoms with Crippen molar-refractivity contribution in [3.8, 4) is 0 Å². The Morgan fingerprint density at radius 1 is 1.44 bits per heavy atom. The molecule has 0 bridgehead atoms. The van der Waals surface area contributed by atoms with Gasteiger partial charge in [0.2, 0.25) is 0 Å². The van der Waals surface area contributed by atoms with Crippen molar-refractivity contribution in [3.05, 3.63) is 35.6 Å². The van der Waals surface area contributed by atoms with Crippen LogP contribution in [0.4, 0.5) is 0 Å².